The van der Waals surface area contributed by atoms with Crippen LogP contribution in [0.3, 0.4) is 0 Å². The maximum absolute atomic E-state index is 12.3. The Morgan fingerprint density at radius 3 is 1.26 bits per heavy atom. The summed E-state index contributed by atoms with van der Waals surface area (Å²) in [5, 5.41) is 0. The molecule has 0 unspecified atom stereocenters. The van der Waals surface area contributed by atoms with Crippen LogP contribution in [0, 0.1) is 5.92 Å². The Morgan fingerprint density at radius 1 is 0.487 bits per heavy atom. The Morgan fingerprint density at radius 2 is 0.846 bits per heavy atom. The van der Waals surface area contributed by atoms with Gasteiger partial charge in [-0.3, -0.25) is 14.4 Å². The first kappa shape index (κ1) is 37.4. The highest BCUT2D eigenvalue weighted by molar-refractivity contribution is 5.71. The van der Waals surface area contributed by atoms with E-state index in [0.29, 0.717) is 19.3 Å². The molecule has 0 radical (unpaired) electrons. The number of hydrogen-bond donors (Lipinski definition) is 0. The quantitative estimate of drug-likeness (QED) is 0.0545. The van der Waals surface area contributed by atoms with E-state index in [4.69, 9.17) is 14.2 Å². The van der Waals surface area contributed by atoms with Gasteiger partial charge in [0.25, 0.3) is 0 Å². The van der Waals surface area contributed by atoms with Crippen LogP contribution in [0.4, 0.5) is 0 Å². The Bertz CT molecular complexity index is 589. The molecule has 0 N–H and O–H groups in total. The first-order valence-corrected chi connectivity index (χ1v) is 16.4. The molecule has 230 valence electrons. The van der Waals surface area contributed by atoms with Crippen LogP contribution < -0.4 is 0 Å². The third-order valence-electron chi connectivity index (χ3n) is 7.04. The van der Waals surface area contributed by atoms with E-state index < -0.39 is 6.10 Å². The largest absolute Gasteiger partial charge is 0.462 e. The molecule has 0 fully saturated rings. The average molecular weight is 555 g/mol. The van der Waals surface area contributed by atoms with Crippen molar-refractivity contribution >= 4 is 17.9 Å². The van der Waals surface area contributed by atoms with Crippen molar-refractivity contribution in [3.8, 4) is 0 Å². The summed E-state index contributed by atoms with van der Waals surface area (Å²) in [5.41, 5.74) is 0. The Balaban J connectivity index is 4.32. The SMILES string of the molecule is CCCCCCCCCC(=O)OC[C@@H](COC(=O)CCCCCCCCC(C)C)OC(=O)CCCCCCC. The van der Waals surface area contributed by atoms with E-state index in [0.717, 1.165) is 70.1 Å². The minimum atomic E-state index is -0.754. The summed E-state index contributed by atoms with van der Waals surface area (Å²) in [5.74, 6) is -0.135. The molecule has 0 aromatic rings. The van der Waals surface area contributed by atoms with Gasteiger partial charge in [0.15, 0.2) is 6.10 Å². The molecule has 0 aliphatic heterocycles. The molecule has 0 bridgehead atoms. The van der Waals surface area contributed by atoms with Crippen LogP contribution in [0.25, 0.3) is 0 Å². The molecule has 0 spiro atoms. The summed E-state index contributed by atoms with van der Waals surface area (Å²) in [4.78, 5) is 36.8. The predicted molar refractivity (Wildman–Crippen MR) is 160 cm³/mol. The molecule has 0 aliphatic carbocycles. The monoisotopic (exact) mass is 554 g/mol. The highest BCUT2D eigenvalue weighted by Crippen LogP contribution is 2.13. The molecule has 0 aromatic heterocycles. The summed E-state index contributed by atoms with van der Waals surface area (Å²) < 4.78 is 16.3. The van der Waals surface area contributed by atoms with Gasteiger partial charge >= 0.3 is 17.9 Å². The van der Waals surface area contributed by atoms with E-state index in [9.17, 15) is 14.4 Å². The standard InChI is InChI=1S/C33H62O6/c1-5-7-9-11-12-17-20-24-31(34)37-27-30(39-33(36)26-22-15-10-8-6-2)28-38-32(35)25-21-18-14-13-16-19-23-29(3)4/h29-30H,5-28H2,1-4H3/t30-/m0/s1. The zero-order chi connectivity index (χ0) is 29.0. The van der Waals surface area contributed by atoms with Gasteiger partial charge in [0.2, 0.25) is 0 Å². The summed E-state index contributed by atoms with van der Waals surface area (Å²) in [6.07, 6.45) is 21.4. The number of unbranched alkanes of at least 4 members (excludes halogenated alkanes) is 15. The zero-order valence-electron chi connectivity index (χ0n) is 26.1. The van der Waals surface area contributed by atoms with Gasteiger partial charge in [-0.25, -0.2) is 0 Å². The van der Waals surface area contributed by atoms with Gasteiger partial charge in [0.1, 0.15) is 13.2 Å². The predicted octanol–water partition coefficient (Wildman–Crippen LogP) is 9.26. The number of carbonyl (C=O) groups is 3. The zero-order valence-corrected chi connectivity index (χ0v) is 26.1. The van der Waals surface area contributed by atoms with Gasteiger partial charge in [0.05, 0.1) is 0 Å². The van der Waals surface area contributed by atoms with Crippen molar-refractivity contribution in [2.75, 3.05) is 13.2 Å². The van der Waals surface area contributed by atoms with Gasteiger partial charge in [-0.05, 0) is 25.2 Å². The lowest BCUT2D eigenvalue weighted by Crippen LogP contribution is -2.30. The Labute approximate surface area is 240 Å². The second kappa shape index (κ2) is 28.0. The van der Waals surface area contributed by atoms with Crippen LogP contribution in [-0.2, 0) is 28.6 Å². The van der Waals surface area contributed by atoms with Gasteiger partial charge in [-0.15, -0.1) is 0 Å². The van der Waals surface area contributed by atoms with Crippen LogP contribution in [0.1, 0.15) is 169 Å². The maximum Gasteiger partial charge on any atom is 0.306 e. The second-order valence-corrected chi connectivity index (χ2v) is 11.6. The maximum atomic E-state index is 12.3. The summed E-state index contributed by atoms with van der Waals surface area (Å²) in [6, 6.07) is 0. The molecule has 0 aromatic carbocycles. The first-order chi connectivity index (χ1) is 18.9. The van der Waals surface area contributed by atoms with E-state index in [1.807, 2.05) is 0 Å². The van der Waals surface area contributed by atoms with E-state index in [1.54, 1.807) is 0 Å². The van der Waals surface area contributed by atoms with Crippen molar-refractivity contribution < 1.29 is 28.6 Å². The van der Waals surface area contributed by atoms with Crippen molar-refractivity contribution in [3.05, 3.63) is 0 Å². The molecule has 0 amide bonds. The third kappa shape index (κ3) is 27.8. The lowest BCUT2D eigenvalue weighted by atomic mass is 10.0. The summed E-state index contributed by atoms with van der Waals surface area (Å²) in [6.45, 7) is 8.73. The Kier molecular flexibility index (Phi) is 26.8. The molecule has 0 heterocycles. The van der Waals surface area contributed by atoms with Gasteiger partial charge in [0, 0.05) is 19.3 Å². The third-order valence-corrected chi connectivity index (χ3v) is 7.04. The minimum absolute atomic E-state index is 0.0689. The molecule has 6 heteroatoms. The number of rotatable bonds is 28. The molecular formula is C33H62O6. The lowest BCUT2D eigenvalue weighted by molar-refractivity contribution is -0.167. The van der Waals surface area contributed by atoms with Gasteiger partial charge < -0.3 is 14.2 Å². The van der Waals surface area contributed by atoms with Gasteiger partial charge in [-0.1, -0.05) is 130 Å². The number of carbonyl (C=O) groups excluding carboxylic acids is 3. The van der Waals surface area contributed by atoms with E-state index >= 15 is 0 Å². The van der Waals surface area contributed by atoms with E-state index in [1.165, 1.54) is 57.8 Å². The smallest absolute Gasteiger partial charge is 0.306 e. The van der Waals surface area contributed by atoms with Crippen LogP contribution in [0.2, 0.25) is 0 Å². The van der Waals surface area contributed by atoms with Crippen LogP contribution >= 0.6 is 0 Å². The fourth-order valence-corrected chi connectivity index (χ4v) is 4.51. The van der Waals surface area contributed by atoms with Crippen molar-refractivity contribution in [2.45, 2.75) is 175 Å². The molecule has 0 saturated carbocycles. The first-order valence-electron chi connectivity index (χ1n) is 16.4. The molecule has 6 nitrogen and oxygen atoms in total. The van der Waals surface area contributed by atoms with Gasteiger partial charge in [-0.2, -0.15) is 0 Å². The average Bonchev–Trinajstić information content (AvgIpc) is 2.90. The van der Waals surface area contributed by atoms with Crippen molar-refractivity contribution in [2.24, 2.45) is 5.92 Å². The molecule has 1 atom stereocenters. The summed E-state index contributed by atoms with van der Waals surface area (Å²) in [7, 11) is 0. The second-order valence-electron chi connectivity index (χ2n) is 11.6. The van der Waals surface area contributed by atoms with Crippen LogP contribution in [-0.4, -0.2) is 37.2 Å². The fraction of sp³-hybridized carbons (Fsp3) is 0.909. The Hall–Kier alpha value is -1.59. The van der Waals surface area contributed by atoms with Crippen LogP contribution in [0.5, 0.6) is 0 Å². The summed E-state index contributed by atoms with van der Waals surface area (Å²) >= 11 is 0. The number of ether oxygens (including phenoxy) is 3. The molecule has 0 rings (SSSR count). The normalized spacial score (nSPS) is 11.9. The number of hydrogen-bond acceptors (Lipinski definition) is 6. The van der Waals surface area contributed by atoms with E-state index in [2.05, 4.69) is 27.7 Å². The van der Waals surface area contributed by atoms with E-state index in [-0.39, 0.29) is 31.1 Å². The van der Waals surface area contributed by atoms with Crippen molar-refractivity contribution in [1.82, 2.24) is 0 Å². The molecular weight excluding hydrogens is 492 g/mol. The lowest BCUT2D eigenvalue weighted by Gasteiger charge is -2.18. The number of esters is 3. The highest BCUT2D eigenvalue weighted by Gasteiger charge is 2.19. The molecule has 39 heavy (non-hydrogen) atoms. The van der Waals surface area contributed by atoms with Crippen molar-refractivity contribution in [3.63, 3.8) is 0 Å². The minimum Gasteiger partial charge on any atom is -0.462 e. The van der Waals surface area contributed by atoms with Crippen LogP contribution in [0.15, 0.2) is 0 Å². The molecule has 0 aliphatic rings. The fourth-order valence-electron chi connectivity index (χ4n) is 4.51. The highest BCUT2D eigenvalue weighted by atomic mass is 16.6. The van der Waals surface area contributed by atoms with Crippen molar-refractivity contribution in [1.29, 1.82) is 0 Å². The topological polar surface area (TPSA) is 78.9 Å². The molecule has 0 saturated heterocycles.